The van der Waals surface area contributed by atoms with Gasteiger partial charge in [-0.15, -0.1) is 0 Å². The lowest BCUT2D eigenvalue weighted by Gasteiger charge is -2.16. The largest absolute Gasteiger partial charge is 0.298 e. The second-order valence-corrected chi connectivity index (χ2v) is 2.72. The second kappa shape index (κ2) is 2.53. The zero-order valence-corrected chi connectivity index (χ0v) is 6.51. The van der Waals surface area contributed by atoms with Gasteiger partial charge in [0.05, 0.1) is 0 Å². The molecule has 1 unspecified atom stereocenters. The molecule has 2 N–H and O–H groups in total. The van der Waals surface area contributed by atoms with Crippen molar-refractivity contribution in [2.45, 2.75) is 5.66 Å². The molecule has 0 spiro atoms. The Bertz CT molecular complexity index is 315. The highest BCUT2D eigenvalue weighted by atomic mass is 15.2. The van der Waals surface area contributed by atoms with Gasteiger partial charge in [0.15, 0.2) is 5.66 Å². The minimum Gasteiger partial charge on any atom is -0.298 e. The average molecular weight is 159 g/mol. The summed E-state index contributed by atoms with van der Waals surface area (Å²) >= 11 is 0. The van der Waals surface area contributed by atoms with Crippen LogP contribution >= 0.6 is 0 Å². The smallest absolute Gasteiger partial charge is 0.175 e. The zero-order chi connectivity index (χ0) is 8.44. The van der Waals surface area contributed by atoms with E-state index in [2.05, 4.69) is 10.2 Å². The summed E-state index contributed by atoms with van der Waals surface area (Å²) in [7, 11) is 0. The van der Waals surface area contributed by atoms with Crippen LogP contribution in [0.4, 0.5) is 0 Å². The van der Waals surface area contributed by atoms with Gasteiger partial charge in [-0.05, 0) is 11.6 Å². The van der Waals surface area contributed by atoms with Crippen molar-refractivity contribution in [1.82, 2.24) is 0 Å². The third kappa shape index (κ3) is 1.04. The van der Waals surface area contributed by atoms with Crippen LogP contribution in [0.3, 0.4) is 0 Å². The van der Waals surface area contributed by atoms with E-state index >= 15 is 0 Å². The van der Waals surface area contributed by atoms with Crippen LogP contribution in [0.15, 0.2) is 52.8 Å². The van der Waals surface area contributed by atoms with Crippen LogP contribution in [-0.2, 0) is 5.66 Å². The Morgan fingerprint density at radius 3 is 2.50 bits per heavy atom. The Morgan fingerprint density at radius 1 is 1.17 bits per heavy atom. The third-order valence-electron chi connectivity index (χ3n) is 1.85. The van der Waals surface area contributed by atoms with Crippen molar-refractivity contribution in [3.8, 4) is 0 Å². The maximum Gasteiger partial charge on any atom is 0.175 e. The molecule has 0 bridgehead atoms. The van der Waals surface area contributed by atoms with Gasteiger partial charge in [0.2, 0.25) is 0 Å². The van der Waals surface area contributed by atoms with E-state index in [1.807, 2.05) is 30.3 Å². The van der Waals surface area contributed by atoms with Crippen molar-refractivity contribution in [3.05, 3.63) is 48.2 Å². The quantitative estimate of drug-likeness (QED) is 0.667. The van der Waals surface area contributed by atoms with E-state index in [4.69, 9.17) is 5.73 Å². The number of nitrogens with two attached hydrogens (primary N) is 1. The molecule has 60 valence electrons. The number of benzene rings is 1. The summed E-state index contributed by atoms with van der Waals surface area (Å²) < 4.78 is 0. The molecule has 0 radical (unpaired) electrons. The van der Waals surface area contributed by atoms with Crippen molar-refractivity contribution in [2.24, 2.45) is 16.0 Å². The number of hydrogen-bond donors (Lipinski definition) is 1. The van der Waals surface area contributed by atoms with Gasteiger partial charge >= 0.3 is 0 Å². The molecular weight excluding hydrogens is 150 g/mol. The molecule has 12 heavy (non-hydrogen) atoms. The van der Waals surface area contributed by atoms with Crippen LogP contribution in [0.25, 0.3) is 0 Å². The summed E-state index contributed by atoms with van der Waals surface area (Å²) in [6.45, 7) is 0. The molecule has 0 fully saturated rings. The van der Waals surface area contributed by atoms with Gasteiger partial charge in [0.25, 0.3) is 0 Å². The fraction of sp³-hybridized carbons (Fsp3) is 0.111. The van der Waals surface area contributed by atoms with Crippen LogP contribution in [0, 0.1) is 0 Å². The minimum atomic E-state index is -0.735. The third-order valence-corrected chi connectivity index (χ3v) is 1.85. The van der Waals surface area contributed by atoms with E-state index in [-0.39, 0.29) is 0 Å². The van der Waals surface area contributed by atoms with Crippen LogP contribution in [0.2, 0.25) is 0 Å². The van der Waals surface area contributed by atoms with Crippen molar-refractivity contribution in [3.63, 3.8) is 0 Å². The summed E-state index contributed by atoms with van der Waals surface area (Å²) in [5, 5.41) is 7.66. The number of azo groups is 1. The predicted molar refractivity (Wildman–Crippen MR) is 46.3 cm³/mol. The zero-order valence-electron chi connectivity index (χ0n) is 6.51. The van der Waals surface area contributed by atoms with Gasteiger partial charge in [-0.3, -0.25) is 5.73 Å². The van der Waals surface area contributed by atoms with Gasteiger partial charge in [-0.2, -0.15) is 10.2 Å². The summed E-state index contributed by atoms with van der Waals surface area (Å²) in [6, 6.07) is 9.70. The monoisotopic (exact) mass is 159 g/mol. The molecule has 2 rings (SSSR count). The van der Waals surface area contributed by atoms with E-state index in [0.717, 1.165) is 5.56 Å². The number of nitrogens with zero attached hydrogens (tertiary/aromatic N) is 2. The summed E-state index contributed by atoms with van der Waals surface area (Å²) in [5.41, 5.74) is 6.16. The lowest BCUT2D eigenvalue weighted by Crippen LogP contribution is -2.30. The first-order valence-electron chi connectivity index (χ1n) is 3.75. The molecule has 1 aliphatic rings. The number of rotatable bonds is 1. The van der Waals surface area contributed by atoms with Crippen molar-refractivity contribution in [2.75, 3.05) is 0 Å². The molecule has 3 nitrogen and oxygen atoms in total. The SMILES string of the molecule is NC1(c2ccccc2)C=CN=N1. The van der Waals surface area contributed by atoms with Gasteiger partial charge in [0.1, 0.15) is 0 Å². The summed E-state index contributed by atoms with van der Waals surface area (Å²) in [4.78, 5) is 0. The van der Waals surface area contributed by atoms with E-state index < -0.39 is 5.66 Å². The Balaban J connectivity index is 2.43. The van der Waals surface area contributed by atoms with Crippen LogP contribution < -0.4 is 5.73 Å². The van der Waals surface area contributed by atoms with Gasteiger partial charge < -0.3 is 0 Å². The topological polar surface area (TPSA) is 50.7 Å². The highest BCUT2D eigenvalue weighted by molar-refractivity contribution is 5.29. The Kier molecular flexibility index (Phi) is 1.52. The first-order valence-corrected chi connectivity index (χ1v) is 3.75. The Hall–Kier alpha value is -1.48. The van der Waals surface area contributed by atoms with Crippen molar-refractivity contribution < 1.29 is 0 Å². The predicted octanol–water partition coefficient (Wildman–Crippen LogP) is 1.78. The van der Waals surface area contributed by atoms with Crippen LogP contribution in [0.1, 0.15) is 5.56 Å². The molecule has 3 heteroatoms. The molecule has 1 aliphatic heterocycles. The van der Waals surface area contributed by atoms with Crippen molar-refractivity contribution >= 4 is 0 Å². The first kappa shape index (κ1) is 7.18. The number of hydrogen-bond acceptors (Lipinski definition) is 3. The molecule has 0 aromatic heterocycles. The molecule has 0 saturated heterocycles. The molecule has 1 aromatic rings. The molecule has 0 amide bonds. The molecule has 1 atom stereocenters. The first-order chi connectivity index (χ1) is 5.81. The molecular formula is C9H9N3. The van der Waals surface area contributed by atoms with E-state index in [1.54, 1.807) is 12.3 Å². The molecule has 1 aromatic carbocycles. The van der Waals surface area contributed by atoms with Crippen molar-refractivity contribution in [1.29, 1.82) is 0 Å². The van der Waals surface area contributed by atoms with Gasteiger partial charge in [-0.25, -0.2) is 0 Å². The summed E-state index contributed by atoms with van der Waals surface area (Å²) in [6.07, 6.45) is 3.40. The standard InChI is InChI=1S/C9H9N3/c10-9(6-7-11-12-9)8-4-2-1-3-5-8/h1-7H,10H2. The fourth-order valence-electron chi connectivity index (χ4n) is 1.17. The second-order valence-electron chi connectivity index (χ2n) is 2.72. The molecule has 0 saturated carbocycles. The highest BCUT2D eigenvalue weighted by Gasteiger charge is 2.25. The van der Waals surface area contributed by atoms with Gasteiger partial charge in [0, 0.05) is 6.20 Å². The Morgan fingerprint density at radius 2 is 1.92 bits per heavy atom. The minimum absolute atomic E-state index is 0.735. The lowest BCUT2D eigenvalue weighted by atomic mass is 10.0. The van der Waals surface area contributed by atoms with Crippen LogP contribution in [0.5, 0.6) is 0 Å². The molecule has 1 heterocycles. The van der Waals surface area contributed by atoms with Gasteiger partial charge in [-0.1, -0.05) is 30.3 Å². The van der Waals surface area contributed by atoms with E-state index in [0.29, 0.717) is 0 Å². The highest BCUT2D eigenvalue weighted by Crippen LogP contribution is 2.25. The maximum atomic E-state index is 5.93. The Labute approximate surface area is 70.6 Å². The molecule has 0 aliphatic carbocycles. The fourth-order valence-corrected chi connectivity index (χ4v) is 1.17. The normalized spacial score (nSPS) is 26.4. The summed E-state index contributed by atoms with van der Waals surface area (Å²) in [5.74, 6) is 0. The lowest BCUT2D eigenvalue weighted by molar-refractivity contribution is 0.585. The van der Waals surface area contributed by atoms with Crippen LogP contribution in [-0.4, -0.2) is 0 Å². The average Bonchev–Trinajstić information content (AvgIpc) is 2.55. The van der Waals surface area contributed by atoms with E-state index in [9.17, 15) is 0 Å². The maximum absolute atomic E-state index is 5.93. The van der Waals surface area contributed by atoms with E-state index in [1.165, 1.54) is 0 Å².